The van der Waals surface area contributed by atoms with Gasteiger partial charge in [0.2, 0.25) is 0 Å². The molecule has 0 aromatic rings. The zero-order valence-corrected chi connectivity index (χ0v) is 7.49. The van der Waals surface area contributed by atoms with Crippen LogP contribution < -0.4 is 0 Å². The lowest BCUT2D eigenvalue weighted by atomic mass is 10.0. The van der Waals surface area contributed by atoms with E-state index in [-0.39, 0.29) is 0 Å². The van der Waals surface area contributed by atoms with Crippen LogP contribution >= 0.6 is 0 Å². The molecule has 0 saturated heterocycles. The molecule has 0 aliphatic carbocycles. The molecule has 0 aliphatic rings. The molecule has 0 rings (SSSR count). The second kappa shape index (κ2) is 5.87. The average Bonchev–Trinajstić information content (AvgIpc) is 1.61. The first kappa shape index (κ1) is 11.5. The van der Waals surface area contributed by atoms with Gasteiger partial charge in [0.05, 0.1) is 0 Å². The summed E-state index contributed by atoms with van der Waals surface area (Å²) in [7, 11) is 0. The molecule has 0 aliphatic heterocycles. The fourth-order valence-corrected chi connectivity index (χ4v) is 0. The van der Waals surface area contributed by atoms with Gasteiger partial charge in [-0.15, -0.1) is 6.58 Å². The Hall–Kier alpha value is -0.260. The standard InChI is InChI=1S/C5H12.C4H8/c1-5(2,3)4;1-3-4-2/h1-4H3;3H,1,4H2,2H3. The van der Waals surface area contributed by atoms with Crippen molar-refractivity contribution in [1.82, 2.24) is 0 Å². The summed E-state index contributed by atoms with van der Waals surface area (Å²) in [5.41, 5.74) is 0.500. The van der Waals surface area contributed by atoms with Crippen LogP contribution in [0.2, 0.25) is 0 Å². The Morgan fingerprint density at radius 2 is 1.33 bits per heavy atom. The highest BCUT2D eigenvalue weighted by molar-refractivity contribution is 4.60. The van der Waals surface area contributed by atoms with Crippen molar-refractivity contribution < 1.29 is 0 Å². The maximum absolute atomic E-state index is 3.48. The van der Waals surface area contributed by atoms with Crippen molar-refractivity contribution in [2.45, 2.75) is 41.0 Å². The topological polar surface area (TPSA) is 0 Å². The van der Waals surface area contributed by atoms with Crippen molar-refractivity contribution >= 4 is 0 Å². The van der Waals surface area contributed by atoms with Crippen LogP contribution in [-0.4, -0.2) is 0 Å². The predicted molar refractivity (Wildman–Crippen MR) is 45.6 cm³/mol. The summed E-state index contributed by atoms with van der Waals surface area (Å²) in [6.45, 7) is 14.3. The molecule has 0 aromatic heterocycles. The first-order valence-corrected chi connectivity index (χ1v) is 3.52. The molecule has 0 heterocycles. The van der Waals surface area contributed by atoms with Gasteiger partial charge in [0.25, 0.3) is 0 Å². The molecule has 0 heteroatoms. The predicted octanol–water partition coefficient (Wildman–Crippen LogP) is 3.63. The van der Waals surface area contributed by atoms with E-state index in [0.29, 0.717) is 5.41 Å². The highest BCUT2D eigenvalue weighted by atomic mass is 14.0. The van der Waals surface area contributed by atoms with E-state index >= 15 is 0 Å². The Labute approximate surface area is 60.0 Å². The molecular weight excluding hydrogens is 108 g/mol. The average molecular weight is 128 g/mol. The third-order valence-electron chi connectivity index (χ3n) is 0.289. The number of hydrogen-bond donors (Lipinski definition) is 0. The Balaban J connectivity index is 0. The first-order valence-electron chi connectivity index (χ1n) is 3.52. The minimum atomic E-state index is 0.500. The molecule has 0 bridgehead atoms. The SMILES string of the molecule is C=CCC.CC(C)(C)C. The van der Waals surface area contributed by atoms with Gasteiger partial charge in [-0.2, -0.15) is 0 Å². The number of allylic oxidation sites excluding steroid dienone is 1. The van der Waals surface area contributed by atoms with Crippen LogP contribution in [0.15, 0.2) is 12.7 Å². The van der Waals surface area contributed by atoms with E-state index in [2.05, 4.69) is 41.2 Å². The highest BCUT2D eigenvalue weighted by Crippen LogP contribution is 2.07. The van der Waals surface area contributed by atoms with Crippen LogP contribution in [0.25, 0.3) is 0 Å². The Morgan fingerprint density at radius 1 is 1.22 bits per heavy atom. The lowest BCUT2D eigenvalue weighted by Gasteiger charge is -2.05. The number of rotatable bonds is 1. The van der Waals surface area contributed by atoms with Crippen molar-refractivity contribution in [3.8, 4) is 0 Å². The van der Waals surface area contributed by atoms with Gasteiger partial charge < -0.3 is 0 Å². The monoisotopic (exact) mass is 128 g/mol. The summed E-state index contributed by atoms with van der Waals surface area (Å²) in [6.07, 6.45) is 2.96. The molecule has 0 aromatic carbocycles. The summed E-state index contributed by atoms with van der Waals surface area (Å²) in [5.74, 6) is 0. The molecule has 0 atom stereocenters. The van der Waals surface area contributed by atoms with Crippen LogP contribution in [0.1, 0.15) is 41.0 Å². The molecule has 9 heavy (non-hydrogen) atoms. The lowest BCUT2D eigenvalue weighted by molar-refractivity contribution is 0.469. The van der Waals surface area contributed by atoms with Crippen molar-refractivity contribution in [3.05, 3.63) is 12.7 Å². The molecule has 0 amide bonds. The molecule has 0 unspecified atom stereocenters. The number of hydrogen-bond acceptors (Lipinski definition) is 0. The fraction of sp³-hybridized carbons (Fsp3) is 0.778. The zero-order valence-electron chi connectivity index (χ0n) is 7.49. The van der Waals surface area contributed by atoms with Crippen molar-refractivity contribution in [1.29, 1.82) is 0 Å². The van der Waals surface area contributed by atoms with Crippen LogP contribution in [0.4, 0.5) is 0 Å². The van der Waals surface area contributed by atoms with Crippen LogP contribution in [0.3, 0.4) is 0 Å². The van der Waals surface area contributed by atoms with E-state index < -0.39 is 0 Å². The second-order valence-electron chi connectivity index (χ2n) is 3.70. The maximum Gasteiger partial charge on any atom is -0.0382 e. The minimum Gasteiger partial charge on any atom is -0.103 e. The summed E-state index contributed by atoms with van der Waals surface area (Å²) < 4.78 is 0. The van der Waals surface area contributed by atoms with Crippen LogP contribution in [-0.2, 0) is 0 Å². The van der Waals surface area contributed by atoms with E-state index in [4.69, 9.17) is 0 Å². The van der Waals surface area contributed by atoms with Crippen molar-refractivity contribution in [2.24, 2.45) is 5.41 Å². The summed E-state index contributed by atoms with van der Waals surface area (Å²) in [5, 5.41) is 0. The molecule has 0 N–H and O–H groups in total. The van der Waals surface area contributed by atoms with Gasteiger partial charge >= 0.3 is 0 Å². The molecule has 0 saturated carbocycles. The highest BCUT2D eigenvalue weighted by Gasteiger charge is 1.95. The van der Waals surface area contributed by atoms with E-state index in [1.165, 1.54) is 0 Å². The molecule has 0 radical (unpaired) electrons. The van der Waals surface area contributed by atoms with E-state index in [1.54, 1.807) is 0 Å². The zero-order chi connectivity index (χ0) is 7.91. The van der Waals surface area contributed by atoms with Gasteiger partial charge in [-0.05, 0) is 11.8 Å². The van der Waals surface area contributed by atoms with Gasteiger partial charge in [-0.1, -0.05) is 40.7 Å². The summed E-state index contributed by atoms with van der Waals surface area (Å²) >= 11 is 0. The van der Waals surface area contributed by atoms with Crippen LogP contribution in [0.5, 0.6) is 0 Å². The molecular formula is C9H20. The Bertz CT molecular complexity index is 48.9. The molecule has 56 valence electrons. The van der Waals surface area contributed by atoms with E-state index in [0.717, 1.165) is 6.42 Å². The molecule has 0 spiro atoms. The van der Waals surface area contributed by atoms with Crippen LogP contribution in [0, 0.1) is 5.41 Å². The van der Waals surface area contributed by atoms with Gasteiger partial charge in [0.15, 0.2) is 0 Å². The van der Waals surface area contributed by atoms with E-state index in [9.17, 15) is 0 Å². The van der Waals surface area contributed by atoms with Gasteiger partial charge in [0, 0.05) is 0 Å². The molecule has 0 fully saturated rings. The van der Waals surface area contributed by atoms with Gasteiger partial charge in [-0.25, -0.2) is 0 Å². The molecule has 0 nitrogen and oxygen atoms in total. The minimum absolute atomic E-state index is 0.500. The third-order valence-corrected chi connectivity index (χ3v) is 0.289. The Morgan fingerprint density at radius 3 is 1.33 bits per heavy atom. The fourth-order valence-electron chi connectivity index (χ4n) is 0. The largest absolute Gasteiger partial charge is 0.103 e. The summed E-state index contributed by atoms with van der Waals surface area (Å²) in [6, 6.07) is 0. The maximum atomic E-state index is 3.48. The summed E-state index contributed by atoms with van der Waals surface area (Å²) in [4.78, 5) is 0. The smallest absolute Gasteiger partial charge is 0.0382 e. The lowest BCUT2D eigenvalue weighted by Crippen LogP contribution is -1.93. The second-order valence-corrected chi connectivity index (χ2v) is 3.70. The first-order chi connectivity index (χ1) is 3.91. The van der Waals surface area contributed by atoms with Gasteiger partial charge in [0.1, 0.15) is 0 Å². The Kier molecular flexibility index (Phi) is 7.52. The van der Waals surface area contributed by atoms with E-state index in [1.807, 2.05) is 6.08 Å². The quantitative estimate of drug-likeness (QED) is 0.473. The van der Waals surface area contributed by atoms with Crippen molar-refractivity contribution in [2.75, 3.05) is 0 Å². The third kappa shape index (κ3) is 466. The van der Waals surface area contributed by atoms with Gasteiger partial charge in [-0.3, -0.25) is 0 Å². The normalized spacial score (nSPS) is 9.44. The van der Waals surface area contributed by atoms with Crippen molar-refractivity contribution in [3.63, 3.8) is 0 Å².